The van der Waals surface area contributed by atoms with Crippen LogP contribution in [0.4, 0.5) is 5.95 Å². The molecular formula is C25H25ClN6O2. The summed E-state index contributed by atoms with van der Waals surface area (Å²) in [6.07, 6.45) is 2.68. The molecule has 0 aliphatic rings. The number of hydrogen-bond acceptors (Lipinski definition) is 5. The van der Waals surface area contributed by atoms with Crippen LogP contribution in [0.5, 0.6) is 5.75 Å². The number of rotatable bonds is 7. The summed E-state index contributed by atoms with van der Waals surface area (Å²) in [7, 11) is 0. The van der Waals surface area contributed by atoms with Crippen molar-refractivity contribution >= 4 is 40.3 Å². The Morgan fingerprint density at radius 2 is 1.82 bits per heavy atom. The Balaban J connectivity index is 1.44. The summed E-state index contributed by atoms with van der Waals surface area (Å²) in [6, 6.07) is 16.8. The molecule has 3 N–H and O–H groups in total. The molecule has 8 nitrogen and oxygen atoms in total. The predicted octanol–water partition coefficient (Wildman–Crippen LogP) is 4.43. The van der Waals surface area contributed by atoms with Gasteiger partial charge >= 0.3 is 0 Å². The van der Waals surface area contributed by atoms with Crippen molar-refractivity contribution < 1.29 is 9.53 Å². The van der Waals surface area contributed by atoms with E-state index in [9.17, 15) is 4.79 Å². The number of nitrogens with zero attached hydrogens (tertiary/aromatic N) is 3. The van der Waals surface area contributed by atoms with Gasteiger partial charge in [-0.05, 0) is 62.2 Å². The molecule has 2 heterocycles. The second-order valence-electron chi connectivity index (χ2n) is 7.73. The SMILES string of the molecule is Cc1cc(C)nc(NC(=NCCc2c[nH]c3ccccc23)NC(=O)COc2ccc(Cl)cc2)n1. The highest BCUT2D eigenvalue weighted by atomic mass is 35.5. The number of guanidine groups is 1. The van der Waals surface area contributed by atoms with Crippen LogP contribution in [-0.4, -0.2) is 40.0 Å². The standard InChI is InChI=1S/C25H25ClN6O2/c1-16-13-17(2)30-25(29-16)32-24(31-23(33)15-34-20-9-7-19(26)8-10-20)27-12-11-18-14-28-22-6-4-3-5-21(18)22/h3-10,13-14,28H,11-12,15H2,1-2H3,(H2,27,29,30,31,32,33). The Morgan fingerprint density at radius 1 is 1.09 bits per heavy atom. The Kier molecular flexibility index (Phi) is 7.39. The molecule has 0 saturated carbocycles. The van der Waals surface area contributed by atoms with Gasteiger partial charge < -0.3 is 9.72 Å². The number of hydrogen-bond donors (Lipinski definition) is 3. The van der Waals surface area contributed by atoms with E-state index in [0.29, 0.717) is 29.7 Å². The monoisotopic (exact) mass is 476 g/mol. The molecule has 2 aromatic heterocycles. The highest BCUT2D eigenvalue weighted by Gasteiger charge is 2.11. The molecular weight excluding hydrogens is 452 g/mol. The molecule has 9 heteroatoms. The van der Waals surface area contributed by atoms with Crippen LogP contribution in [0.15, 0.2) is 65.8 Å². The fourth-order valence-electron chi connectivity index (χ4n) is 3.47. The molecule has 4 rings (SSSR count). The zero-order valence-electron chi connectivity index (χ0n) is 18.9. The Bertz CT molecular complexity index is 1300. The lowest BCUT2D eigenvalue weighted by Gasteiger charge is -2.12. The summed E-state index contributed by atoms with van der Waals surface area (Å²) in [6.45, 7) is 4.03. The van der Waals surface area contributed by atoms with E-state index in [2.05, 4.69) is 36.6 Å². The lowest BCUT2D eigenvalue weighted by atomic mass is 10.1. The van der Waals surface area contributed by atoms with E-state index < -0.39 is 0 Å². The molecule has 0 aliphatic heterocycles. The number of ether oxygens (including phenoxy) is 1. The summed E-state index contributed by atoms with van der Waals surface area (Å²) in [4.78, 5) is 29.2. The van der Waals surface area contributed by atoms with Gasteiger partial charge in [-0.2, -0.15) is 0 Å². The van der Waals surface area contributed by atoms with E-state index >= 15 is 0 Å². The highest BCUT2D eigenvalue weighted by Crippen LogP contribution is 2.18. The average molecular weight is 477 g/mol. The fraction of sp³-hybridized carbons (Fsp3) is 0.200. The fourth-order valence-corrected chi connectivity index (χ4v) is 3.60. The summed E-state index contributed by atoms with van der Waals surface area (Å²) in [5.41, 5.74) is 3.85. The zero-order valence-corrected chi connectivity index (χ0v) is 19.7. The number of nitrogens with one attached hydrogen (secondary N) is 3. The van der Waals surface area contributed by atoms with Crippen molar-refractivity contribution in [2.45, 2.75) is 20.3 Å². The van der Waals surface area contributed by atoms with Gasteiger partial charge in [0.15, 0.2) is 6.61 Å². The first kappa shape index (κ1) is 23.3. The minimum Gasteiger partial charge on any atom is -0.484 e. The third-order valence-corrected chi connectivity index (χ3v) is 5.23. The van der Waals surface area contributed by atoms with Crippen molar-refractivity contribution in [2.75, 3.05) is 18.5 Å². The number of H-pyrrole nitrogens is 1. The molecule has 0 fully saturated rings. The summed E-state index contributed by atoms with van der Waals surface area (Å²) >= 11 is 5.89. The number of aliphatic imine (C=N–C) groups is 1. The first-order chi connectivity index (χ1) is 16.5. The first-order valence-corrected chi connectivity index (χ1v) is 11.2. The minimum absolute atomic E-state index is 0.182. The van der Waals surface area contributed by atoms with Crippen molar-refractivity contribution in [3.63, 3.8) is 0 Å². The third kappa shape index (κ3) is 6.32. The van der Waals surface area contributed by atoms with Crippen LogP contribution >= 0.6 is 11.6 Å². The van der Waals surface area contributed by atoms with E-state index in [0.717, 1.165) is 27.9 Å². The predicted molar refractivity (Wildman–Crippen MR) is 135 cm³/mol. The van der Waals surface area contributed by atoms with Gasteiger partial charge in [0.1, 0.15) is 5.75 Å². The molecule has 34 heavy (non-hydrogen) atoms. The van der Waals surface area contributed by atoms with Crippen molar-refractivity contribution in [1.29, 1.82) is 0 Å². The maximum Gasteiger partial charge on any atom is 0.264 e. The Morgan fingerprint density at radius 3 is 2.59 bits per heavy atom. The number of halogens is 1. The minimum atomic E-state index is -0.363. The number of amides is 1. The molecule has 174 valence electrons. The molecule has 4 aromatic rings. The van der Waals surface area contributed by atoms with Gasteiger partial charge in [0.05, 0.1) is 0 Å². The molecule has 0 saturated heterocycles. The number of para-hydroxylation sites is 1. The molecule has 0 radical (unpaired) electrons. The normalized spacial score (nSPS) is 11.4. The zero-order chi connectivity index (χ0) is 23.9. The van der Waals surface area contributed by atoms with Crippen LogP contribution in [0.1, 0.15) is 17.0 Å². The smallest absolute Gasteiger partial charge is 0.264 e. The number of fused-ring (bicyclic) bond motifs is 1. The quantitative estimate of drug-likeness (QED) is 0.270. The maximum absolute atomic E-state index is 12.6. The van der Waals surface area contributed by atoms with Crippen molar-refractivity contribution in [2.24, 2.45) is 4.99 Å². The number of aromatic amines is 1. The van der Waals surface area contributed by atoms with Crippen LogP contribution in [0.2, 0.25) is 5.02 Å². The van der Waals surface area contributed by atoms with Crippen molar-refractivity contribution in [3.05, 3.63) is 82.8 Å². The van der Waals surface area contributed by atoms with Crippen molar-refractivity contribution in [3.8, 4) is 5.75 Å². The lowest BCUT2D eigenvalue weighted by molar-refractivity contribution is -0.121. The van der Waals surface area contributed by atoms with E-state index in [4.69, 9.17) is 16.3 Å². The van der Waals surface area contributed by atoms with Gasteiger partial charge in [-0.3, -0.25) is 20.4 Å². The Hall–Kier alpha value is -3.91. The molecule has 0 unspecified atom stereocenters. The highest BCUT2D eigenvalue weighted by molar-refractivity contribution is 6.30. The number of carbonyl (C=O) groups excluding carboxylic acids is 1. The van der Waals surface area contributed by atoms with Gasteiger partial charge in [-0.1, -0.05) is 29.8 Å². The van der Waals surface area contributed by atoms with Crippen LogP contribution < -0.4 is 15.4 Å². The molecule has 0 aliphatic carbocycles. The summed E-state index contributed by atoms with van der Waals surface area (Å²) < 4.78 is 5.53. The molecule has 0 spiro atoms. The maximum atomic E-state index is 12.6. The van der Waals surface area contributed by atoms with Gasteiger partial charge in [-0.15, -0.1) is 0 Å². The van der Waals surface area contributed by atoms with Gasteiger partial charge in [-0.25, -0.2) is 9.97 Å². The second kappa shape index (κ2) is 10.8. The molecule has 0 atom stereocenters. The number of benzene rings is 2. The summed E-state index contributed by atoms with van der Waals surface area (Å²) in [5.74, 6) is 0.803. The van der Waals surface area contributed by atoms with Crippen LogP contribution in [0.3, 0.4) is 0 Å². The van der Waals surface area contributed by atoms with Crippen LogP contribution in [0, 0.1) is 13.8 Å². The number of aryl methyl sites for hydroxylation is 2. The average Bonchev–Trinajstić information content (AvgIpc) is 3.21. The number of aromatic nitrogens is 3. The lowest BCUT2D eigenvalue weighted by Crippen LogP contribution is -2.39. The van der Waals surface area contributed by atoms with E-state index in [1.165, 1.54) is 0 Å². The molecule has 0 bridgehead atoms. The third-order valence-electron chi connectivity index (χ3n) is 4.98. The van der Waals surface area contributed by atoms with Gasteiger partial charge in [0, 0.05) is 40.1 Å². The molecule has 2 aromatic carbocycles. The van der Waals surface area contributed by atoms with Gasteiger partial charge in [0.25, 0.3) is 5.91 Å². The molecule has 1 amide bonds. The largest absolute Gasteiger partial charge is 0.484 e. The van der Waals surface area contributed by atoms with Gasteiger partial charge in [0.2, 0.25) is 11.9 Å². The second-order valence-corrected chi connectivity index (χ2v) is 8.17. The number of carbonyl (C=O) groups is 1. The van der Waals surface area contributed by atoms with Crippen LogP contribution in [0.25, 0.3) is 10.9 Å². The topological polar surface area (TPSA) is 104 Å². The van der Waals surface area contributed by atoms with E-state index in [-0.39, 0.29) is 18.5 Å². The van der Waals surface area contributed by atoms with Crippen LogP contribution in [-0.2, 0) is 11.2 Å². The first-order valence-electron chi connectivity index (χ1n) is 10.8. The van der Waals surface area contributed by atoms with Crippen molar-refractivity contribution in [1.82, 2.24) is 20.3 Å². The van der Waals surface area contributed by atoms with E-state index in [1.54, 1.807) is 24.3 Å². The number of anilines is 1. The van der Waals surface area contributed by atoms with E-state index in [1.807, 2.05) is 44.3 Å². The Labute approximate surface area is 202 Å². The summed E-state index contributed by atoms with van der Waals surface area (Å²) in [5, 5.41) is 7.55.